The lowest BCUT2D eigenvalue weighted by molar-refractivity contribution is -0.122. The highest BCUT2D eigenvalue weighted by atomic mass is 16.6. The van der Waals surface area contributed by atoms with Gasteiger partial charge in [-0.2, -0.15) is 0 Å². The van der Waals surface area contributed by atoms with Crippen LogP contribution in [0.2, 0.25) is 0 Å². The fourth-order valence-corrected chi connectivity index (χ4v) is 4.28. The van der Waals surface area contributed by atoms with E-state index in [1.807, 2.05) is 0 Å². The number of rotatable bonds is 1. The van der Waals surface area contributed by atoms with Crippen LogP contribution in [0.5, 0.6) is 0 Å². The van der Waals surface area contributed by atoms with E-state index in [0.29, 0.717) is 29.1 Å². The number of ether oxygens (including phenoxy) is 1. The van der Waals surface area contributed by atoms with Gasteiger partial charge >= 0.3 is 0 Å². The minimum Gasteiger partial charge on any atom is -0.366 e. The van der Waals surface area contributed by atoms with E-state index in [1.54, 1.807) is 6.92 Å². The van der Waals surface area contributed by atoms with Crippen LogP contribution in [0.3, 0.4) is 0 Å². The molecule has 5 atom stereocenters. The molecule has 0 spiro atoms. The molecular weight excluding hydrogens is 200 g/mol. The highest BCUT2D eigenvalue weighted by Crippen LogP contribution is 2.60. The Morgan fingerprint density at radius 2 is 2.00 bits per heavy atom. The molecule has 2 saturated carbocycles. The number of epoxide rings is 1. The third-order valence-electron chi connectivity index (χ3n) is 5.57. The summed E-state index contributed by atoms with van der Waals surface area (Å²) in [4.78, 5) is 11.7. The molecule has 0 bridgehead atoms. The minimum absolute atomic E-state index is 0.161. The molecule has 0 aromatic heterocycles. The first-order valence-corrected chi connectivity index (χ1v) is 6.63. The zero-order chi connectivity index (χ0) is 11.6. The molecule has 0 aromatic rings. The van der Waals surface area contributed by atoms with Crippen molar-refractivity contribution in [1.29, 1.82) is 0 Å². The van der Waals surface area contributed by atoms with Gasteiger partial charge in [-0.15, -0.1) is 0 Å². The largest absolute Gasteiger partial charge is 0.366 e. The average Bonchev–Trinajstić information content (AvgIpc) is 2.68. The van der Waals surface area contributed by atoms with Crippen molar-refractivity contribution in [3.8, 4) is 0 Å². The van der Waals surface area contributed by atoms with Gasteiger partial charge < -0.3 is 4.74 Å². The van der Waals surface area contributed by atoms with Crippen LogP contribution < -0.4 is 0 Å². The second-order valence-electron chi connectivity index (χ2n) is 6.68. The number of fused-ring (bicyclic) bond motifs is 2. The fraction of sp³-hybridized carbons (Fsp3) is 0.929. The highest BCUT2D eigenvalue weighted by Gasteiger charge is 2.60. The standard InChI is InChI=1S/C14H22O2/c1-9(15)10-4-6-13(2)8-12-14(3,16-12)7-5-11(10)13/h10-12H,4-8H2,1-3H3/t10-,11-,12+,13-,14-/m0/s1. The van der Waals surface area contributed by atoms with Gasteiger partial charge in [0.05, 0.1) is 11.7 Å². The molecule has 0 amide bonds. The van der Waals surface area contributed by atoms with E-state index in [-0.39, 0.29) is 5.60 Å². The van der Waals surface area contributed by atoms with E-state index in [2.05, 4.69) is 13.8 Å². The summed E-state index contributed by atoms with van der Waals surface area (Å²) in [5.74, 6) is 1.37. The summed E-state index contributed by atoms with van der Waals surface area (Å²) < 4.78 is 5.83. The Bertz CT molecular complexity index is 338. The van der Waals surface area contributed by atoms with Crippen LogP contribution in [0.1, 0.15) is 52.9 Å². The fourth-order valence-electron chi connectivity index (χ4n) is 4.28. The average molecular weight is 222 g/mol. The molecule has 3 rings (SSSR count). The Morgan fingerprint density at radius 3 is 2.69 bits per heavy atom. The molecule has 0 N–H and O–H groups in total. The molecule has 3 aliphatic rings. The van der Waals surface area contributed by atoms with Gasteiger partial charge in [-0.05, 0) is 57.3 Å². The molecule has 2 nitrogen and oxygen atoms in total. The first-order valence-electron chi connectivity index (χ1n) is 6.63. The third-order valence-corrected chi connectivity index (χ3v) is 5.57. The Balaban J connectivity index is 1.85. The van der Waals surface area contributed by atoms with Crippen molar-refractivity contribution >= 4 is 5.78 Å². The van der Waals surface area contributed by atoms with Crippen LogP contribution in [-0.4, -0.2) is 17.5 Å². The maximum Gasteiger partial charge on any atom is 0.133 e. The molecular formula is C14H22O2. The summed E-state index contributed by atoms with van der Waals surface area (Å²) in [5, 5.41) is 0. The van der Waals surface area contributed by atoms with Gasteiger partial charge in [0, 0.05) is 5.92 Å². The summed E-state index contributed by atoms with van der Waals surface area (Å²) in [6.45, 7) is 6.40. The van der Waals surface area contributed by atoms with Gasteiger partial charge in [-0.1, -0.05) is 6.92 Å². The van der Waals surface area contributed by atoms with Crippen molar-refractivity contribution in [2.75, 3.05) is 0 Å². The quantitative estimate of drug-likeness (QED) is 0.638. The normalized spacial score (nSPS) is 55.1. The van der Waals surface area contributed by atoms with Crippen molar-refractivity contribution in [2.24, 2.45) is 17.3 Å². The topological polar surface area (TPSA) is 29.6 Å². The predicted octanol–water partition coefficient (Wildman–Crippen LogP) is 2.95. The molecule has 0 aromatic carbocycles. The molecule has 0 unspecified atom stereocenters. The Morgan fingerprint density at radius 1 is 1.25 bits per heavy atom. The number of hydrogen-bond acceptors (Lipinski definition) is 2. The van der Waals surface area contributed by atoms with Crippen molar-refractivity contribution < 1.29 is 9.53 Å². The highest BCUT2D eigenvalue weighted by molar-refractivity contribution is 5.79. The summed E-state index contributed by atoms with van der Waals surface area (Å²) in [6, 6.07) is 0. The number of Topliss-reactive ketones (excluding diaryl/α,β-unsaturated/α-hetero) is 1. The zero-order valence-electron chi connectivity index (χ0n) is 10.6. The second kappa shape index (κ2) is 3.10. The maximum absolute atomic E-state index is 11.7. The van der Waals surface area contributed by atoms with E-state index in [0.717, 1.165) is 12.8 Å². The van der Waals surface area contributed by atoms with Crippen LogP contribution >= 0.6 is 0 Å². The van der Waals surface area contributed by atoms with Gasteiger partial charge in [0.25, 0.3) is 0 Å². The van der Waals surface area contributed by atoms with Crippen LogP contribution in [-0.2, 0) is 9.53 Å². The smallest absolute Gasteiger partial charge is 0.133 e. The molecule has 1 saturated heterocycles. The van der Waals surface area contributed by atoms with Crippen molar-refractivity contribution in [2.45, 2.75) is 64.6 Å². The van der Waals surface area contributed by atoms with Crippen LogP contribution in [0.4, 0.5) is 0 Å². The first kappa shape index (κ1) is 10.8. The first-order chi connectivity index (χ1) is 7.45. The lowest BCUT2D eigenvalue weighted by Crippen LogP contribution is -2.28. The molecule has 90 valence electrons. The predicted molar refractivity (Wildman–Crippen MR) is 62.1 cm³/mol. The van der Waals surface area contributed by atoms with Gasteiger partial charge in [0.1, 0.15) is 5.78 Å². The molecule has 16 heavy (non-hydrogen) atoms. The number of carbonyl (C=O) groups is 1. The molecule has 2 aliphatic carbocycles. The molecule has 3 fully saturated rings. The van der Waals surface area contributed by atoms with Crippen molar-refractivity contribution in [3.05, 3.63) is 0 Å². The van der Waals surface area contributed by atoms with Gasteiger partial charge in [0.15, 0.2) is 0 Å². The zero-order valence-corrected chi connectivity index (χ0v) is 10.6. The number of ketones is 1. The van der Waals surface area contributed by atoms with E-state index < -0.39 is 0 Å². The summed E-state index contributed by atoms with van der Waals surface area (Å²) in [5.41, 5.74) is 0.532. The van der Waals surface area contributed by atoms with E-state index >= 15 is 0 Å². The molecule has 1 aliphatic heterocycles. The summed E-state index contributed by atoms with van der Waals surface area (Å²) in [7, 11) is 0. The second-order valence-corrected chi connectivity index (χ2v) is 6.68. The number of carbonyl (C=O) groups excluding carboxylic acids is 1. The Kier molecular flexibility index (Phi) is 2.08. The molecule has 2 heteroatoms. The van der Waals surface area contributed by atoms with E-state index in [9.17, 15) is 4.79 Å². The van der Waals surface area contributed by atoms with Crippen molar-refractivity contribution in [3.63, 3.8) is 0 Å². The lowest BCUT2D eigenvalue weighted by Gasteiger charge is -2.32. The molecule has 0 radical (unpaired) electrons. The van der Waals surface area contributed by atoms with Gasteiger partial charge in [-0.25, -0.2) is 0 Å². The Labute approximate surface area is 97.7 Å². The third kappa shape index (κ3) is 1.38. The molecule has 1 heterocycles. The van der Waals surface area contributed by atoms with Gasteiger partial charge in [0.2, 0.25) is 0 Å². The summed E-state index contributed by atoms with van der Waals surface area (Å²) >= 11 is 0. The van der Waals surface area contributed by atoms with Crippen LogP contribution in [0, 0.1) is 17.3 Å². The number of hydrogen-bond donors (Lipinski definition) is 0. The lowest BCUT2D eigenvalue weighted by atomic mass is 9.73. The minimum atomic E-state index is 0.161. The Hall–Kier alpha value is -0.370. The van der Waals surface area contributed by atoms with Crippen LogP contribution in [0.25, 0.3) is 0 Å². The summed E-state index contributed by atoms with van der Waals surface area (Å²) in [6.07, 6.45) is 6.33. The SMILES string of the molecule is CC(=O)[C@@H]1CC[C@@]2(C)C[C@H]3O[C@@]3(C)CC[C@@H]12. The maximum atomic E-state index is 11.7. The van der Waals surface area contributed by atoms with Gasteiger partial charge in [-0.3, -0.25) is 4.79 Å². The van der Waals surface area contributed by atoms with E-state index in [1.165, 1.54) is 19.3 Å². The monoisotopic (exact) mass is 222 g/mol. The van der Waals surface area contributed by atoms with E-state index in [4.69, 9.17) is 4.74 Å². The van der Waals surface area contributed by atoms with Crippen LogP contribution in [0.15, 0.2) is 0 Å². The van der Waals surface area contributed by atoms with Crippen molar-refractivity contribution in [1.82, 2.24) is 0 Å².